The van der Waals surface area contributed by atoms with Gasteiger partial charge < -0.3 is 10.0 Å². The molecule has 2 fully saturated rings. The highest BCUT2D eigenvalue weighted by Crippen LogP contribution is 2.47. The second-order valence-electron chi connectivity index (χ2n) is 6.15. The minimum Gasteiger partial charge on any atom is -0.481 e. The summed E-state index contributed by atoms with van der Waals surface area (Å²) in [5.74, 6) is -0.0353. The fourth-order valence-electron chi connectivity index (χ4n) is 3.11. The Morgan fingerprint density at radius 2 is 2.10 bits per heavy atom. The summed E-state index contributed by atoms with van der Waals surface area (Å²) in [4.78, 5) is 25.0. The number of aryl methyl sites for hydroxylation is 1. The molecule has 0 radical (unpaired) electrons. The number of carboxylic acid groups (broad SMARTS) is 1. The van der Waals surface area contributed by atoms with Gasteiger partial charge in [-0.25, -0.2) is 0 Å². The smallest absolute Gasteiger partial charge is 0.306 e. The van der Waals surface area contributed by atoms with Gasteiger partial charge in [0.15, 0.2) is 0 Å². The summed E-state index contributed by atoms with van der Waals surface area (Å²) in [5, 5.41) is 8.93. The van der Waals surface area contributed by atoms with Crippen molar-refractivity contribution in [3.63, 3.8) is 0 Å². The predicted molar refractivity (Wildman–Crippen MR) is 81.9 cm³/mol. The molecule has 5 heteroatoms. The van der Waals surface area contributed by atoms with Crippen LogP contribution in [0.2, 0.25) is 0 Å². The minimum absolute atomic E-state index is 0.139. The van der Waals surface area contributed by atoms with E-state index in [0.29, 0.717) is 18.3 Å². The number of rotatable bonds is 4. The molecule has 1 amide bonds. The monoisotopic (exact) mass is 351 g/mol. The molecule has 112 valence electrons. The van der Waals surface area contributed by atoms with Crippen molar-refractivity contribution in [2.75, 3.05) is 13.1 Å². The average Bonchev–Trinajstić information content (AvgIpc) is 3.12. The maximum atomic E-state index is 12.3. The highest BCUT2D eigenvalue weighted by Gasteiger charge is 2.51. The Labute approximate surface area is 132 Å². The number of amides is 1. The summed E-state index contributed by atoms with van der Waals surface area (Å²) >= 11 is 3.43. The number of carbonyl (C=O) groups excluding carboxylic acids is 1. The van der Waals surface area contributed by atoms with Gasteiger partial charge in [-0.2, -0.15) is 0 Å². The molecule has 2 atom stereocenters. The number of halogens is 1. The number of aliphatic carboxylic acids is 1. The van der Waals surface area contributed by atoms with Crippen LogP contribution in [-0.2, 0) is 16.0 Å². The number of carbonyl (C=O) groups is 2. The minimum atomic E-state index is -0.686. The van der Waals surface area contributed by atoms with Gasteiger partial charge in [0.1, 0.15) is 0 Å². The van der Waals surface area contributed by atoms with Gasteiger partial charge >= 0.3 is 5.97 Å². The fraction of sp³-hybridized carbons (Fsp3) is 0.500. The quantitative estimate of drug-likeness (QED) is 0.906. The number of carboxylic acids is 1. The van der Waals surface area contributed by atoms with Crippen LogP contribution in [0.5, 0.6) is 0 Å². The van der Waals surface area contributed by atoms with Gasteiger partial charge in [0.05, 0.1) is 12.3 Å². The predicted octanol–water partition coefficient (Wildman–Crippen LogP) is 2.48. The van der Waals surface area contributed by atoms with Crippen LogP contribution in [-0.4, -0.2) is 35.0 Å². The zero-order valence-corrected chi connectivity index (χ0v) is 13.5. The summed E-state index contributed by atoms with van der Waals surface area (Å²) in [6, 6.07) is 5.97. The maximum absolute atomic E-state index is 12.3. The first-order valence-corrected chi connectivity index (χ1v) is 8.00. The van der Waals surface area contributed by atoms with Gasteiger partial charge in [0, 0.05) is 17.6 Å². The third-order valence-electron chi connectivity index (χ3n) is 4.68. The zero-order valence-electron chi connectivity index (χ0n) is 11.9. The van der Waals surface area contributed by atoms with Crippen LogP contribution in [0.15, 0.2) is 22.7 Å². The molecule has 1 aromatic rings. The van der Waals surface area contributed by atoms with E-state index in [9.17, 15) is 9.59 Å². The highest BCUT2D eigenvalue weighted by molar-refractivity contribution is 9.10. The molecule has 0 bridgehead atoms. The van der Waals surface area contributed by atoms with Crippen molar-refractivity contribution in [1.82, 2.24) is 4.90 Å². The maximum Gasteiger partial charge on any atom is 0.306 e. The van der Waals surface area contributed by atoms with E-state index < -0.39 is 5.97 Å². The van der Waals surface area contributed by atoms with E-state index in [1.807, 2.05) is 30.0 Å². The highest BCUT2D eigenvalue weighted by atomic mass is 79.9. The van der Waals surface area contributed by atoms with Gasteiger partial charge in [-0.05, 0) is 48.4 Å². The van der Waals surface area contributed by atoms with E-state index in [2.05, 4.69) is 15.9 Å². The summed E-state index contributed by atoms with van der Waals surface area (Å²) in [6.45, 7) is 3.45. The van der Waals surface area contributed by atoms with Crippen molar-refractivity contribution in [3.8, 4) is 0 Å². The molecule has 1 saturated carbocycles. The molecule has 2 aliphatic rings. The normalized spacial score (nSPS) is 24.6. The number of likely N-dealkylation sites (tertiary alicyclic amines) is 1. The van der Waals surface area contributed by atoms with Crippen LogP contribution in [0, 0.1) is 24.7 Å². The summed E-state index contributed by atoms with van der Waals surface area (Å²) in [7, 11) is 0. The molecule has 3 rings (SSSR count). The van der Waals surface area contributed by atoms with Crippen LogP contribution in [0.25, 0.3) is 0 Å². The molecule has 4 nitrogen and oxygen atoms in total. The van der Waals surface area contributed by atoms with E-state index in [1.165, 1.54) is 0 Å². The van der Waals surface area contributed by atoms with E-state index in [-0.39, 0.29) is 11.8 Å². The van der Waals surface area contributed by atoms with Crippen LogP contribution >= 0.6 is 15.9 Å². The second kappa shape index (κ2) is 5.44. The largest absolute Gasteiger partial charge is 0.481 e. The van der Waals surface area contributed by atoms with Gasteiger partial charge in [-0.3, -0.25) is 9.59 Å². The molecule has 0 aromatic heterocycles. The zero-order chi connectivity index (χ0) is 15.1. The SMILES string of the molecule is Cc1ccc(Br)cc1CC(=O)N1CC([C@@H]2C[C@H]2C(=O)O)C1. The molecular weight excluding hydrogens is 334 g/mol. The van der Waals surface area contributed by atoms with Gasteiger partial charge in [0.2, 0.25) is 5.91 Å². The second-order valence-corrected chi connectivity index (χ2v) is 7.07. The Morgan fingerprint density at radius 1 is 1.38 bits per heavy atom. The lowest BCUT2D eigenvalue weighted by Crippen LogP contribution is -2.51. The Hall–Kier alpha value is -1.36. The van der Waals surface area contributed by atoms with E-state index >= 15 is 0 Å². The molecule has 1 aliphatic carbocycles. The lowest BCUT2D eigenvalue weighted by atomic mass is 9.92. The molecule has 1 saturated heterocycles. The number of hydrogen-bond acceptors (Lipinski definition) is 2. The van der Waals surface area contributed by atoms with Gasteiger partial charge in [-0.15, -0.1) is 0 Å². The summed E-state index contributed by atoms with van der Waals surface area (Å²) in [6.07, 6.45) is 1.21. The van der Waals surface area contributed by atoms with Crippen LogP contribution in [0.4, 0.5) is 0 Å². The van der Waals surface area contributed by atoms with Gasteiger partial charge in [-0.1, -0.05) is 22.0 Å². The van der Waals surface area contributed by atoms with E-state index in [4.69, 9.17) is 5.11 Å². The van der Waals surface area contributed by atoms with Crippen molar-refractivity contribution < 1.29 is 14.7 Å². The Kier molecular flexibility index (Phi) is 3.78. The van der Waals surface area contributed by atoms with Gasteiger partial charge in [0.25, 0.3) is 0 Å². The molecule has 1 aromatic carbocycles. The molecule has 1 aliphatic heterocycles. The molecule has 0 spiro atoms. The summed E-state index contributed by atoms with van der Waals surface area (Å²) in [5.41, 5.74) is 2.17. The van der Waals surface area contributed by atoms with Crippen molar-refractivity contribution in [3.05, 3.63) is 33.8 Å². The lowest BCUT2D eigenvalue weighted by Gasteiger charge is -2.40. The Balaban J connectivity index is 1.52. The molecule has 1 heterocycles. The first-order valence-electron chi connectivity index (χ1n) is 7.21. The molecule has 1 N–H and O–H groups in total. The average molecular weight is 352 g/mol. The third-order valence-corrected chi connectivity index (χ3v) is 5.17. The molecule has 21 heavy (non-hydrogen) atoms. The van der Waals surface area contributed by atoms with Crippen LogP contribution in [0.1, 0.15) is 17.5 Å². The first kappa shape index (κ1) is 14.6. The lowest BCUT2D eigenvalue weighted by molar-refractivity contribution is -0.140. The third kappa shape index (κ3) is 2.98. The number of nitrogens with zero attached hydrogens (tertiary/aromatic N) is 1. The molecule has 0 unspecified atom stereocenters. The summed E-state index contributed by atoms with van der Waals surface area (Å²) < 4.78 is 0.986. The van der Waals surface area contributed by atoms with Crippen LogP contribution in [0.3, 0.4) is 0 Å². The number of benzene rings is 1. The topological polar surface area (TPSA) is 57.6 Å². The van der Waals surface area contributed by atoms with Crippen molar-refractivity contribution in [1.29, 1.82) is 0 Å². The first-order chi connectivity index (χ1) is 9.95. The Bertz CT molecular complexity index is 595. The fourth-order valence-corrected chi connectivity index (χ4v) is 3.52. The standard InChI is InChI=1S/C16H18BrNO3/c1-9-2-3-12(17)4-10(9)5-15(19)18-7-11(8-18)13-6-14(13)16(20)21/h2-4,11,13-14H,5-8H2,1H3,(H,20,21)/t13-,14+/m0/s1. The van der Waals surface area contributed by atoms with E-state index in [0.717, 1.165) is 35.1 Å². The van der Waals surface area contributed by atoms with Crippen molar-refractivity contribution in [2.45, 2.75) is 19.8 Å². The molecular formula is C16H18BrNO3. The number of hydrogen-bond donors (Lipinski definition) is 1. The van der Waals surface area contributed by atoms with Crippen LogP contribution < -0.4 is 0 Å². The van der Waals surface area contributed by atoms with Crippen molar-refractivity contribution >= 4 is 27.8 Å². The van der Waals surface area contributed by atoms with Crippen molar-refractivity contribution in [2.24, 2.45) is 17.8 Å². The van der Waals surface area contributed by atoms with E-state index in [1.54, 1.807) is 0 Å². The Morgan fingerprint density at radius 3 is 2.71 bits per heavy atom.